The van der Waals surface area contributed by atoms with E-state index in [0.717, 1.165) is 28.8 Å². The van der Waals surface area contributed by atoms with Crippen LogP contribution < -0.4 is 16.2 Å². The van der Waals surface area contributed by atoms with Crippen molar-refractivity contribution in [1.82, 2.24) is 19.9 Å². The van der Waals surface area contributed by atoms with E-state index in [1.807, 2.05) is 0 Å². The number of carbonyl (C=O) groups excluding carboxylic acids is 2. The van der Waals surface area contributed by atoms with Gasteiger partial charge in [-0.25, -0.2) is 4.39 Å². The van der Waals surface area contributed by atoms with Crippen molar-refractivity contribution in [2.75, 3.05) is 5.32 Å². The van der Waals surface area contributed by atoms with Gasteiger partial charge in [0.05, 0.1) is 6.54 Å². The number of alkyl halides is 3. The Hall–Kier alpha value is -3.87. The molecule has 2 aromatic heterocycles. The number of halogens is 4. The van der Waals surface area contributed by atoms with E-state index in [1.165, 1.54) is 12.4 Å². The number of carbonyl (C=O) groups is 2. The molecule has 1 aromatic carbocycles. The van der Waals surface area contributed by atoms with E-state index in [1.54, 1.807) is 17.4 Å². The van der Waals surface area contributed by atoms with Gasteiger partial charge < -0.3 is 10.6 Å². The predicted molar refractivity (Wildman–Crippen MR) is 109 cm³/mol. The molecule has 0 fully saturated rings. The van der Waals surface area contributed by atoms with Crippen LogP contribution in [0.25, 0.3) is 0 Å². The van der Waals surface area contributed by atoms with Crippen molar-refractivity contribution in [2.45, 2.75) is 18.3 Å². The monoisotopic (exact) mass is 479 g/mol. The van der Waals surface area contributed by atoms with E-state index in [-0.39, 0.29) is 16.9 Å². The van der Waals surface area contributed by atoms with Crippen LogP contribution in [0.15, 0.2) is 53.6 Å². The van der Waals surface area contributed by atoms with Crippen LogP contribution in [-0.2, 0) is 16.9 Å². The first-order chi connectivity index (χ1) is 15.5. The molecule has 13 heteroatoms. The molecule has 0 bridgehead atoms. The summed E-state index contributed by atoms with van der Waals surface area (Å²) in [5, 5.41) is 3.71. The number of hydrogen-bond donors (Lipinski definition) is 3. The molecule has 8 nitrogen and oxygen atoms in total. The van der Waals surface area contributed by atoms with Gasteiger partial charge in [0.15, 0.2) is 4.77 Å². The van der Waals surface area contributed by atoms with Gasteiger partial charge in [-0.05, 0) is 54.2 Å². The zero-order valence-corrected chi connectivity index (χ0v) is 17.2. The summed E-state index contributed by atoms with van der Waals surface area (Å²) >= 11 is 5.10. The number of amides is 2. The lowest BCUT2D eigenvalue weighted by molar-refractivity contribution is -0.196. The topological polar surface area (TPSA) is 109 Å². The van der Waals surface area contributed by atoms with Crippen LogP contribution in [0.1, 0.15) is 21.5 Å². The minimum absolute atomic E-state index is 0.0966. The number of H-pyrrole nitrogens is 1. The molecule has 1 atom stereocenters. The van der Waals surface area contributed by atoms with E-state index < -0.39 is 46.3 Å². The number of aromatic amines is 1. The van der Waals surface area contributed by atoms with Gasteiger partial charge in [0.2, 0.25) is 0 Å². The number of anilines is 1. The molecule has 0 radical (unpaired) electrons. The van der Waals surface area contributed by atoms with Gasteiger partial charge in [-0.3, -0.25) is 28.9 Å². The zero-order valence-electron chi connectivity index (χ0n) is 16.4. The third-order valence-corrected chi connectivity index (χ3v) is 5.39. The molecule has 170 valence electrons. The Morgan fingerprint density at radius 3 is 2.36 bits per heavy atom. The number of benzene rings is 1. The number of hydrogen-bond acceptors (Lipinski definition) is 5. The molecule has 0 spiro atoms. The molecule has 0 aliphatic carbocycles. The van der Waals surface area contributed by atoms with Crippen molar-refractivity contribution in [3.8, 4) is 0 Å². The summed E-state index contributed by atoms with van der Waals surface area (Å²) in [6.45, 7) is -0.0966. The van der Waals surface area contributed by atoms with Crippen LogP contribution in [0.4, 0.5) is 23.4 Å². The van der Waals surface area contributed by atoms with Crippen molar-refractivity contribution in [3.05, 3.63) is 86.4 Å². The molecular formula is C20H13F4N5O3S. The van der Waals surface area contributed by atoms with E-state index in [0.29, 0.717) is 5.56 Å². The molecule has 1 aliphatic rings. The summed E-state index contributed by atoms with van der Waals surface area (Å²) < 4.78 is 57.2. The number of fused-ring (bicyclic) bond motifs is 1. The molecule has 4 rings (SSSR count). The summed E-state index contributed by atoms with van der Waals surface area (Å²) in [5.41, 5.74) is -5.83. The van der Waals surface area contributed by atoms with Gasteiger partial charge in [-0.15, -0.1) is 0 Å². The number of rotatable bonds is 4. The Kier molecular flexibility index (Phi) is 5.36. The number of aromatic nitrogens is 3. The van der Waals surface area contributed by atoms with Crippen molar-refractivity contribution in [2.24, 2.45) is 0 Å². The molecule has 1 aliphatic heterocycles. The molecule has 3 aromatic rings. The maximum atomic E-state index is 14.4. The van der Waals surface area contributed by atoms with Gasteiger partial charge in [0, 0.05) is 18.0 Å². The zero-order chi connectivity index (χ0) is 24.0. The summed E-state index contributed by atoms with van der Waals surface area (Å²) in [5.74, 6) is -4.23. The minimum Gasteiger partial charge on any atom is -0.326 e. The third-order valence-electron chi connectivity index (χ3n) is 5.07. The molecule has 3 heterocycles. The van der Waals surface area contributed by atoms with Crippen molar-refractivity contribution >= 4 is 29.9 Å². The Labute approximate surface area is 187 Å². The summed E-state index contributed by atoms with van der Waals surface area (Å²) in [6, 6.07) is 6.78. The Morgan fingerprint density at radius 1 is 1.12 bits per heavy atom. The Balaban J connectivity index is 1.89. The SMILES string of the molecule is O=C(NC1(C(F)(F)F)C(=O)Nc2c1c(=O)[nH]c(=S)n2Cc1ccncc1)c1ccc(F)cc1. The second-order valence-corrected chi connectivity index (χ2v) is 7.47. The second-order valence-electron chi connectivity index (χ2n) is 7.09. The fourth-order valence-electron chi connectivity index (χ4n) is 3.49. The predicted octanol–water partition coefficient (Wildman–Crippen LogP) is 2.63. The van der Waals surface area contributed by atoms with Crippen LogP contribution in [0.2, 0.25) is 0 Å². The lowest BCUT2D eigenvalue weighted by atomic mass is 9.91. The quantitative estimate of drug-likeness (QED) is 0.394. The molecular weight excluding hydrogens is 466 g/mol. The van der Waals surface area contributed by atoms with Gasteiger partial charge in [-0.2, -0.15) is 13.2 Å². The Bertz CT molecular complexity index is 1370. The van der Waals surface area contributed by atoms with Gasteiger partial charge in [0.1, 0.15) is 17.2 Å². The van der Waals surface area contributed by atoms with E-state index in [4.69, 9.17) is 12.2 Å². The van der Waals surface area contributed by atoms with Crippen LogP contribution >= 0.6 is 12.2 Å². The minimum atomic E-state index is -5.41. The van der Waals surface area contributed by atoms with Gasteiger partial charge in [-0.1, -0.05) is 0 Å². The molecule has 33 heavy (non-hydrogen) atoms. The smallest absolute Gasteiger partial charge is 0.326 e. The number of pyridine rings is 1. The fraction of sp³-hybridized carbons (Fsp3) is 0.150. The summed E-state index contributed by atoms with van der Waals surface area (Å²) in [6.07, 6.45) is -2.51. The average molecular weight is 479 g/mol. The highest BCUT2D eigenvalue weighted by atomic mass is 32.1. The first-order valence-electron chi connectivity index (χ1n) is 9.27. The van der Waals surface area contributed by atoms with Crippen LogP contribution in [-0.4, -0.2) is 32.5 Å². The number of nitrogens with one attached hydrogen (secondary N) is 3. The van der Waals surface area contributed by atoms with Gasteiger partial charge >= 0.3 is 6.18 Å². The molecule has 2 amide bonds. The lowest BCUT2D eigenvalue weighted by Gasteiger charge is -2.30. The highest BCUT2D eigenvalue weighted by Crippen LogP contribution is 2.45. The number of nitrogens with zero attached hydrogens (tertiary/aromatic N) is 2. The van der Waals surface area contributed by atoms with Crippen molar-refractivity contribution < 1.29 is 27.2 Å². The second kappa shape index (κ2) is 7.92. The largest absolute Gasteiger partial charge is 0.425 e. The molecule has 0 saturated heterocycles. The van der Waals surface area contributed by atoms with E-state index in [9.17, 15) is 31.9 Å². The van der Waals surface area contributed by atoms with Crippen molar-refractivity contribution in [1.29, 1.82) is 0 Å². The summed E-state index contributed by atoms with van der Waals surface area (Å²) in [7, 11) is 0. The maximum Gasteiger partial charge on any atom is 0.425 e. The average Bonchev–Trinajstić information content (AvgIpc) is 3.05. The fourth-order valence-corrected chi connectivity index (χ4v) is 3.74. The van der Waals surface area contributed by atoms with E-state index >= 15 is 0 Å². The summed E-state index contributed by atoms with van der Waals surface area (Å²) in [4.78, 5) is 44.0. The van der Waals surface area contributed by atoms with Crippen molar-refractivity contribution in [3.63, 3.8) is 0 Å². The van der Waals surface area contributed by atoms with Crippen LogP contribution in [0.3, 0.4) is 0 Å². The first-order valence-corrected chi connectivity index (χ1v) is 9.68. The van der Waals surface area contributed by atoms with Crippen LogP contribution in [0.5, 0.6) is 0 Å². The molecule has 0 saturated carbocycles. The molecule has 1 unspecified atom stereocenters. The van der Waals surface area contributed by atoms with Crippen LogP contribution in [0, 0.1) is 10.6 Å². The third kappa shape index (κ3) is 3.69. The van der Waals surface area contributed by atoms with Gasteiger partial charge in [0.25, 0.3) is 22.9 Å². The highest BCUT2D eigenvalue weighted by Gasteiger charge is 2.68. The highest BCUT2D eigenvalue weighted by molar-refractivity contribution is 7.71. The molecule has 3 N–H and O–H groups in total. The standard InChI is InChI=1S/C20H13F4N5O3S/c21-12-3-1-11(2-4-12)15(30)28-19(20(22,23)24)13-14(26-17(19)32)29(18(33)27-16(13)31)9-10-5-7-25-8-6-10/h1-8H,9H2,(H,26,32)(H,28,30)(H,27,31,33). The lowest BCUT2D eigenvalue weighted by Crippen LogP contribution is -2.61. The Morgan fingerprint density at radius 2 is 1.76 bits per heavy atom. The normalized spacial score (nSPS) is 17.4. The first kappa shape index (κ1) is 22.3. The maximum absolute atomic E-state index is 14.4. The van der Waals surface area contributed by atoms with E-state index in [2.05, 4.69) is 15.3 Å².